The Bertz CT molecular complexity index is 563. The topological polar surface area (TPSA) is 99.9 Å². The molecule has 0 fully saturated rings. The molecule has 0 saturated carbocycles. The molecule has 0 bridgehead atoms. The number of benzene rings is 1. The van der Waals surface area contributed by atoms with Crippen molar-refractivity contribution in [3.63, 3.8) is 0 Å². The van der Waals surface area contributed by atoms with E-state index in [1.54, 1.807) is 24.3 Å². The van der Waals surface area contributed by atoms with Gasteiger partial charge in [-0.2, -0.15) is 4.99 Å². The summed E-state index contributed by atoms with van der Waals surface area (Å²) >= 11 is 0. The van der Waals surface area contributed by atoms with E-state index in [9.17, 15) is 4.79 Å². The number of hydrogen-bond donors (Lipinski definition) is 2. The standard InChI is InChI=1S/C16H27N3O3Si/c1-16(2,3)23(4,5)22-11-10-21-15(20)19-14(18)12-6-8-13(17)9-7-12/h6-9H,10-11,17H2,1-5H3,(H2,18,19,20). The van der Waals surface area contributed by atoms with E-state index in [1.165, 1.54) is 0 Å². The van der Waals surface area contributed by atoms with E-state index in [1.807, 2.05) is 0 Å². The Labute approximate surface area is 139 Å². The average molecular weight is 337 g/mol. The molecule has 128 valence electrons. The zero-order valence-electron chi connectivity index (χ0n) is 14.6. The minimum Gasteiger partial charge on any atom is -0.445 e. The van der Waals surface area contributed by atoms with Crippen LogP contribution in [0.4, 0.5) is 10.5 Å². The maximum absolute atomic E-state index is 11.7. The molecule has 0 atom stereocenters. The van der Waals surface area contributed by atoms with Crippen molar-refractivity contribution >= 4 is 25.9 Å². The Morgan fingerprint density at radius 2 is 1.74 bits per heavy atom. The number of nitrogen functional groups attached to an aromatic ring is 1. The van der Waals surface area contributed by atoms with E-state index in [0.717, 1.165) is 0 Å². The van der Waals surface area contributed by atoms with E-state index >= 15 is 0 Å². The number of hydrogen-bond acceptors (Lipinski definition) is 4. The van der Waals surface area contributed by atoms with Crippen LogP contribution in [0.15, 0.2) is 29.3 Å². The van der Waals surface area contributed by atoms with Gasteiger partial charge >= 0.3 is 6.09 Å². The molecule has 0 aliphatic carbocycles. The van der Waals surface area contributed by atoms with Gasteiger partial charge in [0.1, 0.15) is 12.4 Å². The fraction of sp³-hybridized carbons (Fsp3) is 0.500. The second kappa shape index (κ2) is 7.61. The second-order valence-electron chi connectivity index (χ2n) is 6.84. The first-order valence-electron chi connectivity index (χ1n) is 7.54. The number of ether oxygens (including phenoxy) is 1. The summed E-state index contributed by atoms with van der Waals surface area (Å²) in [5, 5.41) is 0.120. The van der Waals surface area contributed by atoms with Gasteiger partial charge in [-0.1, -0.05) is 20.8 Å². The monoisotopic (exact) mass is 337 g/mol. The fourth-order valence-corrected chi connectivity index (χ4v) is 2.52. The van der Waals surface area contributed by atoms with Crippen LogP contribution in [-0.4, -0.2) is 33.5 Å². The number of amides is 1. The number of anilines is 1. The minimum absolute atomic E-state index is 0.0975. The lowest BCUT2D eigenvalue weighted by molar-refractivity contribution is 0.130. The lowest BCUT2D eigenvalue weighted by Crippen LogP contribution is -2.41. The first-order chi connectivity index (χ1) is 10.5. The van der Waals surface area contributed by atoms with Crippen LogP contribution in [0.3, 0.4) is 0 Å². The van der Waals surface area contributed by atoms with Crippen molar-refractivity contribution in [3.8, 4) is 0 Å². The van der Waals surface area contributed by atoms with E-state index < -0.39 is 14.4 Å². The molecular formula is C16H27N3O3Si. The Hall–Kier alpha value is -1.86. The van der Waals surface area contributed by atoms with Crippen LogP contribution >= 0.6 is 0 Å². The summed E-state index contributed by atoms with van der Waals surface area (Å²) in [6, 6.07) is 6.77. The number of amidine groups is 1. The molecule has 0 aliphatic rings. The van der Waals surface area contributed by atoms with Crippen molar-refractivity contribution < 1.29 is 14.0 Å². The van der Waals surface area contributed by atoms with E-state index in [0.29, 0.717) is 17.9 Å². The summed E-state index contributed by atoms with van der Waals surface area (Å²) in [4.78, 5) is 15.4. The van der Waals surface area contributed by atoms with Crippen molar-refractivity contribution in [1.29, 1.82) is 0 Å². The number of carbonyl (C=O) groups is 1. The zero-order chi connectivity index (χ0) is 17.7. The predicted molar refractivity (Wildman–Crippen MR) is 96.1 cm³/mol. The Morgan fingerprint density at radius 3 is 2.26 bits per heavy atom. The van der Waals surface area contributed by atoms with Crippen LogP contribution in [0.25, 0.3) is 0 Å². The molecule has 1 aromatic carbocycles. The molecule has 0 unspecified atom stereocenters. The molecule has 0 saturated heterocycles. The van der Waals surface area contributed by atoms with Gasteiger partial charge in [0.05, 0.1) is 6.61 Å². The Balaban J connectivity index is 2.45. The SMILES string of the molecule is CC(C)(C)[Si](C)(C)OCCOC(=O)N=C(N)c1ccc(N)cc1. The third-order valence-corrected chi connectivity index (χ3v) is 8.53. The summed E-state index contributed by atoms with van der Waals surface area (Å²) in [5.41, 5.74) is 12.6. The van der Waals surface area contributed by atoms with Crippen LogP contribution < -0.4 is 11.5 Å². The highest BCUT2D eigenvalue weighted by Crippen LogP contribution is 2.36. The minimum atomic E-state index is -1.83. The first kappa shape index (κ1) is 19.2. The average Bonchev–Trinajstić information content (AvgIpc) is 2.43. The smallest absolute Gasteiger partial charge is 0.435 e. The number of aliphatic imine (C=N–C) groups is 1. The van der Waals surface area contributed by atoms with Gasteiger partial charge in [-0.25, -0.2) is 4.79 Å². The molecule has 0 spiro atoms. The van der Waals surface area contributed by atoms with Crippen molar-refractivity contribution in [2.45, 2.75) is 38.9 Å². The third kappa shape index (κ3) is 6.03. The number of nitrogens with zero attached hydrogens (tertiary/aromatic N) is 1. The molecule has 0 aromatic heterocycles. The van der Waals surface area contributed by atoms with Crippen LogP contribution in [-0.2, 0) is 9.16 Å². The van der Waals surface area contributed by atoms with Gasteiger partial charge < -0.3 is 20.6 Å². The maximum Gasteiger partial charge on any atom is 0.435 e. The molecule has 0 aliphatic heterocycles. The van der Waals surface area contributed by atoms with Crippen molar-refractivity contribution in [2.24, 2.45) is 10.7 Å². The van der Waals surface area contributed by atoms with Gasteiger partial charge in [0.2, 0.25) is 0 Å². The largest absolute Gasteiger partial charge is 0.445 e. The van der Waals surface area contributed by atoms with E-state index in [4.69, 9.17) is 20.6 Å². The predicted octanol–water partition coefficient (Wildman–Crippen LogP) is 3.13. The van der Waals surface area contributed by atoms with Crippen LogP contribution in [0, 0.1) is 0 Å². The molecule has 0 heterocycles. The highest BCUT2D eigenvalue weighted by molar-refractivity contribution is 6.74. The number of rotatable bonds is 5. The Kier molecular flexibility index (Phi) is 6.34. The maximum atomic E-state index is 11.7. The normalized spacial score (nSPS) is 13.0. The van der Waals surface area contributed by atoms with Gasteiger partial charge in [-0.3, -0.25) is 0 Å². The van der Waals surface area contributed by atoms with Crippen molar-refractivity contribution in [2.75, 3.05) is 18.9 Å². The van der Waals surface area contributed by atoms with Gasteiger partial charge in [-0.05, 0) is 42.4 Å². The molecule has 0 radical (unpaired) electrons. The fourth-order valence-electron chi connectivity index (χ4n) is 1.49. The third-order valence-electron chi connectivity index (χ3n) is 4.00. The molecular weight excluding hydrogens is 310 g/mol. The van der Waals surface area contributed by atoms with Crippen LogP contribution in [0.1, 0.15) is 26.3 Å². The molecule has 23 heavy (non-hydrogen) atoms. The van der Waals surface area contributed by atoms with Crippen molar-refractivity contribution in [3.05, 3.63) is 29.8 Å². The van der Waals surface area contributed by atoms with E-state index in [2.05, 4.69) is 38.9 Å². The first-order valence-corrected chi connectivity index (χ1v) is 10.4. The molecule has 6 nitrogen and oxygen atoms in total. The highest BCUT2D eigenvalue weighted by Gasteiger charge is 2.36. The summed E-state index contributed by atoms with van der Waals surface area (Å²) in [7, 11) is -1.83. The molecule has 7 heteroatoms. The van der Waals surface area contributed by atoms with Gasteiger partial charge in [0, 0.05) is 11.3 Å². The Morgan fingerprint density at radius 1 is 1.17 bits per heavy atom. The summed E-state index contributed by atoms with van der Waals surface area (Å²) < 4.78 is 10.9. The number of carbonyl (C=O) groups excluding carboxylic acids is 1. The molecule has 1 aromatic rings. The molecule has 4 N–H and O–H groups in total. The highest BCUT2D eigenvalue weighted by atomic mass is 28.4. The van der Waals surface area contributed by atoms with Gasteiger partial charge in [-0.15, -0.1) is 0 Å². The quantitative estimate of drug-likeness (QED) is 0.283. The van der Waals surface area contributed by atoms with Crippen molar-refractivity contribution in [1.82, 2.24) is 0 Å². The zero-order valence-corrected chi connectivity index (χ0v) is 15.6. The second-order valence-corrected chi connectivity index (χ2v) is 11.7. The molecule has 1 rings (SSSR count). The van der Waals surface area contributed by atoms with Crippen LogP contribution in [0.2, 0.25) is 18.1 Å². The number of nitrogens with two attached hydrogens (primary N) is 2. The van der Waals surface area contributed by atoms with Gasteiger partial charge in [0.15, 0.2) is 8.32 Å². The molecule has 1 amide bonds. The lowest BCUT2D eigenvalue weighted by atomic mass is 10.2. The van der Waals surface area contributed by atoms with E-state index in [-0.39, 0.29) is 17.5 Å². The lowest BCUT2D eigenvalue weighted by Gasteiger charge is -2.35. The van der Waals surface area contributed by atoms with Gasteiger partial charge in [0.25, 0.3) is 0 Å². The van der Waals surface area contributed by atoms with Crippen LogP contribution in [0.5, 0.6) is 0 Å². The summed E-state index contributed by atoms with van der Waals surface area (Å²) in [5.74, 6) is 0.0975. The summed E-state index contributed by atoms with van der Waals surface area (Å²) in [6.07, 6.45) is -0.724. The summed E-state index contributed by atoms with van der Waals surface area (Å²) in [6.45, 7) is 11.3.